The first-order chi connectivity index (χ1) is 15.8. The van der Waals surface area contributed by atoms with E-state index in [1.54, 1.807) is 18.2 Å². The molecule has 2 N–H and O–H groups in total. The van der Waals surface area contributed by atoms with Crippen molar-refractivity contribution in [3.8, 4) is 5.75 Å². The van der Waals surface area contributed by atoms with E-state index in [1.807, 2.05) is 12.1 Å². The summed E-state index contributed by atoms with van der Waals surface area (Å²) in [5.74, 6) is -0.458. The molecule has 0 spiro atoms. The van der Waals surface area contributed by atoms with E-state index in [9.17, 15) is 14.7 Å². The van der Waals surface area contributed by atoms with Crippen molar-refractivity contribution in [2.24, 2.45) is 5.92 Å². The molecule has 0 bridgehead atoms. The number of aromatic nitrogens is 1. The van der Waals surface area contributed by atoms with Crippen molar-refractivity contribution in [3.63, 3.8) is 0 Å². The number of rotatable bonds is 4. The average Bonchev–Trinajstić information content (AvgIpc) is 3.24. The van der Waals surface area contributed by atoms with E-state index in [1.165, 1.54) is 11.8 Å². The van der Waals surface area contributed by atoms with Gasteiger partial charge in [-0.2, -0.15) is 0 Å². The average molecular weight is 464 g/mol. The van der Waals surface area contributed by atoms with Crippen LogP contribution in [-0.4, -0.2) is 32.9 Å². The summed E-state index contributed by atoms with van der Waals surface area (Å²) >= 11 is 6.29. The van der Waals surface area contributed by atoms with Crippen molar-refractivity contribution in [3.05, 3.63) is 70.0 Å². The summed E-state index contributed by atoms with van der Waals surface area (Å²) in [5.41, 5.74) is 5.08. The van der Waals surface area contributed by atoms with E-state index in [0.29, 0.717) is 11.5 Å². The number of nitrogens with zero attached hydrogens (tertiary/aromatic N) is 2. The fourth-order valence-corrected chi connectivity index (χ4v) is 5.09. The Bertz CT molecular complexity index is 1340. The monoisotopic (exact) mass is 463 g/mol. The van der Waals surface area contributed by atoms with Crippen LogP contribution in [0.4, 0.5) is 5.69 Å². The molecule has 2 aromatic carbocycles. The maximum absolute atomic E-state index is 13.5. The molecule has 0 aliphatic carbocycles. The minimum Gasteiger partial charge on any atom is -0.506 e. The summed E-state index contributed by atoms with van der Waals surface area (Å²) in [7, 11) is 0. The van der Waals surface area contributed by atoms with Gasteiger partial charge < -0.3 is 15.0 Å². The van der Waals surface area contributed by atoms with E-state index in [-0.39, 0.29) is 29.1 Å². The van der Waals surface area contributed by atoms with Crippen molar-refractivity contribution < 1.29 is 14.7 Å². The molecule has 3 heterocycles. The largest absolute Gasteiger partial charge is 0.506 e. The van der Waals surface area contributed by atoms with Gasteiger partial charge >= 0.3 is 0 Å². The third kappa shape index (κ3) is 3.49. The van der Waals surface area contributed by atoms with Crippen molar-refractivity contribution in [2.75, 3.05) is 11.9 Å². The molecule has 1 atom stereocenters. The van der Waals surface area contributed by atoms with Crippen LogP contribution in [0.3, 0.4) is 0 Å². The van der Waals surface area contributed by atoms with Gasteiger partial charge in [0.15, 0.2) is 0 Å². The molecule has 0 saturated carbocycles. The molecule has 5 rings (SSSR count). The highest BCUT2D eigenvalue weighted by molar-refractivity contribution is 6.32. The summed E-state index contributed by atoms with van der Waals surface area (Å²) < 4.78 is 2.25. The van der Waals surface area contributed by atoms with Crippen LogP contribution in [0.5, 0.6) is 5.75 Å². The Hall–Kier alpha value is -3.25. The van der Waals surface area contributed by atoms with Gasteiger partial charge in [0.2, 0.25) is 5.91 Å². The second-order valence-corrected chi connectivity index (χ2v) is 9.64. The molecular formula is C26H26ClN3O3. The number of imide groups is 1. The summed E-state index contributed by atoms with van der Waals surface area (Å²) in [5, 5.41) is 14.8. The van der Waals surface area contributed by atoms with Gasteiger partial charge in [-0.05, 0) is 47.7 Å². The Labute approximate surface area is 197 Å². The second kappa shape index (κ2) is 7.96. The van der Waals surface area contributed by atoms with Crippen LogP contribution >= 0.6 is 11.6 Å². The zero-order valence-corrected chi connectivity index (χ0v) is 19.6. The molecule has 3 aromatic rings. The fraction of sp³-hybridized carbons (Fsp3) is 0.308. The number of phenolic OH excluding ortho intramolecular Hbond substituents is 1. The van der Waals surface area contributed by atoms with Crippen molar-refractivity contribution in [1.82, 2.24) is 9.47 Å². The molecule has 170 valence electrons. The molecule has 2 amide bonds. The van der Waals surface area contributed by atoms with E-state index in [4.69, 9.17) is 11.6 Å². The highest BCUT2D eigenvalue weighted by atomic mass is 35.5. The number of phenols is 1. The fourth-order valence-electron chi connectivity index (χ4n) is 4.91. The van der Waals surface area contributed by atoms with Gasteiger partial charge in [0.25, 0.3) is 5.91 Å². The summed E-state index contributed by atoms with van der Waals surface area (Å²) in [4.78, 5) is 27.0. The third-order valence-corrected chi connectivity index (χ3v) is 6.87. The molecule has 7 heteroatoms. The molecule has 0 radical (unpaired) electrons. The van der Waals surface area contributed by atoms with Crippen LogP contribution in [0.15, 0.2) is 53.9 Å². The number of aryl methyl sites for hydroxylation is 1. The van der Waals surface area contributed by atoms with Crippen molar-refractivity contribution >= 4 is 40.0 Å². The van der Waals surface area contributed by atoms with Crippen LogP contribution in [0, 0.1) is 5.92 Å². The molecule has 2 aliphatic rings. The molecular weight excluding hydrogens is 438 g/mol. The number of halogens is 1. The SMILES string of the molecule is CC(=O)N1CC2=C(C1=O)[C@@H](c1ccc(O)c(Cl)c1)c1cn(CCC(C)C)c3cccc(c13)N2. The Morgan fingerprint density at radius 3 is 2.76 bits per heavy atom. The lowest BCUT2D eigenvalue weighted by molar-refractivity contribution is -0.139. The quantitative estimate of drug-likeness (QED) is 0.554. The lowest BCUT2D eigenvalue weighted by atomic mass is 9.84. The lowest BCUT2D eigenvalue weighted by Gasteiger charge is -2.20. The number of carbonyl (C=O) groups is 2. The molecule has 1 aromatic heterocycles. The highest BCUT2D eigenvalue weighted by Crippen LogP contribution is 2.47. The van der Waals surface area contributed by atoms with Crippen LogP contribution in [-0.2, 0) is 16.1 Å². The number of amides is 2. The Morgan fingerprint density at radius 2 is 2.06 bits per heavy atom. The molecule has 0 fully saturated rings. The Balaban J connectivity index is 1.76. The maximum atomic E-state index is 13.5. The number of hydrogen-bond acceptors (Lipinski definition) is 4. The first kappa shape index (κ1) is 21.6. The topological polar surface area (TPSA) is 74.6 Å². The summed E-state index contributed by atoms with van der Waals surface area (Å²) in [6.45, 7) is 6.88. The first-order valence-electron chi connectivity index (χ1n) is 11.2. The number of carbonyl (C=O) groups excluding carboxylic acids is 2. The van der Waals surface area contributed by atoms with Gasteiger partial charge in [-0.15, -0.1) is 0 Å². The zero-order chi connectivity index (χ0) is 23.4. The van der Waals surface area contributed by atoms with Gasteiger partial charge in [0, 0.05) is 42.4 Å². The second-order valence-electron chi connectivity index (χ2n) is 9.23. The molecule has 6 nitrogen and oxygen atoms in total. The lowest BCUT2D eigenvalue weighted by Crippen LogP contribution is -2.33. The van der Waals surface area contributed by atoms with Crippen LogP contribution in [0.25, 0.3) is 10.9 Å². The standard InChI is InChI=1S/C26H26ClN3O3/c1-14(2)9-10-29-12-17-23(16-7-8-22(32)18(27)11-16)25-20(13-30(15(3)31)26(25)33)28-19-5-4-6-21(29)24(17)19/h4-8,11-12,14,23,28,32H,9-10,13H2,1-3H3/t23-/m0/s1. The van der Waals surface area contributed by atoms with E-state index in [0.717, 1.165) is 46.4 Å². The number of nitrogens with one attached hydrogen (secondary N) is 1. The molecule has 0 unspecified atom stereocenters. The van der Waals surface area contributed by atoms with Crippen LogP contribution in [0.1, 0.15) is 44.2 Å². The molecule has 2 aliphatic heterocycles. The van der Waals surface area contributed by atoms with Crippen molar-refractivity contribution in [2.45, 2.75) is 39.7 Å². The predicted octanol–water partition coefficient (Wildman–Crippen LogP) is 5.25. The number of anilines is 1. The summed E-state index contributed by atoms with van der Waals surface area (Å²) in [6.07, 6.45) is 3.16. The number of benzene rings is 2. The molecule has 0 saturated heterocycles. The van der Waals surface area contributed by atoms with Gasteiger partial charge in [0.1, 0.15) is 5.75 Å². The first-order valence-corrected chi connectivity index (χ1v) is 11.6. The number of aromatic hydroxyl groups is 1. The normalized spacial score (nSPS) is 17.5. The van der Waals surface area contributed by atoms with E-state index < -0.39 is 5.92 Å². The number of hydrogen-bond donors (Lipinski definition) is 2. The molecule has 33 heavy (non-hydrogen) atoms. The Morgan fingerprint density at radius 1 is 1.27 bits per heavy atom. The highest BCUT2D eigenvalue weighted by Gasteiger charge is 2.41. The van der Waals surface area contributed by atoms with Gasteiger partial charge in [-0.3, -0.25) is 14.5 Å². The maximum Gasteiger partial charge on any atom is 0.259 e. The smallest absolute Gasteiger partial charge is 0.259 e. The predicted molar refractivity (Wildman–Crippen MR) is 129 cm³/mol. The van der Waals surface area contributed by atoms with E-state index in [2.05, 4.69) is 36.0 Å². The van der Waals surface area contributed by atoms with Gasteiger partial charge in [0.05, 0.1) is 22.7 Å². The van der Waals surface area contributed by atoms with Gasteiger partial charge in [-0.1, -0.05) is 37.6 Å². The minimum atomic E-state index is -0.422. The van der Waals surface area contributed by atoms with Crippen LogP contribution in [0.2, 0.25) is 5.02 Å². The van der Waals surface area contributed by atoms with Gasteiger partial charge in [-0.25, -0.2) is 0 Å². The van der Waals surface area contributed by atoms with Crippen LogP contribution < -0.4 is 5.32 Å². The zero-order valence-electron chi connectivity index (χ0n) is 18.9. The van der Waals surface area contributed by atoms with Crippen molar-refractivity contribution in [1.29, 1.82) is 0 Å². The van der Waals surface area contributed by atoms with E-state index >= 15 is 0 Å². The Kier molecular flexibility index (Phi) is 5.20. The third-order valence-electron chi connectivity index (χ3n) is 6.57. The minimum absolute atomic E-state index is 0.00970. The summed E-state index contributed by atoms with van der Waals surface area (Å²) in [6, 6.07) is 11.2.